The van der Waals surface area contributed by atoms with Crippen molar-refractivity contribution in [3.8, 4) is 5.69 Å². The van der Waals surface area contributed by atoms with Crippen LogP contribution in [0.4, 0.5) is 0 Å². The van der Waals surface area contributed by atoms with Crippen LogP contribution in [0.1, 0.15) is 11.1 Å². The standard InChI is InChI=1S/C15H14N4O2S/c1-8-4-5-11(9(2)6-8)19-13(20)10-7-16-14(22-3)17-12(10)18-15(19)21/h4-7H,1-3H3,(H,16,17,18,21). The Morgan fingerprint density at radius 1 is 1.23 bits per heavy atom. The van der Waals surface area contributed by atoms with Gasteiger partial charge < -0.3 is 0 Å². The van der Waals surface area contributed by atoms with E-state index in [1.165, 1.54) is 18.0 Å². The summed E-state index contributed by atoms with van der Waals surface area (Å²) in [5.41, 5.74) is 1.82. The van der Waals surface area contributed by atoms with Crippen LogP contribution in [0, 0.1) is 13.8 Å². The third-order valence-electron chi connectivity index (χ3n) is 3.40. The SMILES string of the molecule is CSc1ncc2c(=O)n(-c3ccc(C)cc3C)c(=O)[nH]c2n1. The molecule has 0 radical (unpaired) electrons. The number of nitrogens with zero attached hydrogens (tertiary/aromatic N) is 3. The summed E-state index contributed by atoms with van der Waals surface area (Å²) in [7, 11) is 0. The molecule has 0 bridgehead atoms. The molecule has 0 saturated heterocycles. The van der Waals surface area contributed by atoms with Gasteiger partial charge in [0.25, 0.3) is 5.56 Å². The monoisotopic (exact) mass is 314 g/mol. The molecule has 0 unspecified atom stereocenters. The first-order valence-electron chi connectivity index (χ1n) is 6.65. The van der Waals surface area contributed by atoms with Crippen LogP contribution in [0.2, 0.25) is 0 Å². The van der Waals surface area contributed by atoms with Crippen molar-refractivity contribution in [1.82, 2.24) is 19.5 Å². The van der Waals surface area contributed by atoms with Gasteiger partial charge in [-0.15, -0.1) is 0 Å². The molecule has 0 saturated carbocycles. The minimum absolute atomic E-state index is 0.260. The van der Waals surface area contributed by atoms with Crippen molar-refractivity contribution in [2.24, 2.45) is 0 Å². The summed E-state index contributed by atoms with van der Waals surface area (Å²) in [4.78, 5) is 35.9. The highest BCUT2D eigenvalue weighted by atomic mass is 32.2. The van der Waals surface area contributed by atoms with E-state index in [0.29, 0.717) is 10.8 Å². The molecule has 1 N–H and O–H groups in total. The van der Waals surface area contributed by atoms with E-state index in [4.69, 9.17) is 0 Å². The summed E-state index contributed by atoms with van der Waals surface area (Å²) >= 11 is 1.35. The van der Waals surface area contributed by atoms with Crippen LogP contribution in [0.5, 0.6) is 0 Å². The fourth-order valence-electron chi connectivity index (χ4n) is 2.36. The van der Waals surface area contributed by atoms with E-state index < -0.39 is 11.2 Å². The average molecular weight is 314 g/mol. The number of fused-ring (bicyclic) bond motifs is 1. The Bertz CT molecular complexity index is 991. The van der Waals surface area contributed by atoms with E-state index in [0.717, 1.165) is 15.7 Å². The van der Waals surface area contributed by atoms with E-state index in [9.17, 15) is 9.59 Å². The van der Waals surface area contributed by atoms with E-state index in [-0.39, 0.29) is 11.0 Å². The molecule has 2 heterocycles. The zero-order chi connectivity index (χ0) is 15.9. The predicted octanol–water partition coefficient (Wildman–Crippen LogP) is 1.81. The summed E-state index contributed by atoms with van der Waals surface area (Å²) in [5, 5.41) is 0.796. The van der Waals surface area contributed by atoms with Crippen molar-refractivity contribution in [2.45, 2.75) is 19.0 Å². The predicted molar refractivity (Wildman–Crippen MR) is 87.0 cm³/mol. The fourth-order valence-corrected chi connectivity index (χ4v) is 2.70. The lowest BCUT2D eigenvalue weighted by atomic mass is 10.1. The molecule has 6 nitrogen and oxygen atoms in total. The number of aryl methyl sites for hydroxylation is 2. The van der Waals surface area contributed by atoms with Gasteiger partial charge in [0.05, 0.1) is 5.69 Å². The lowest BCUT2D eigenvalue weighted by molar-refractivity contribution is 0.871. The number of rotatable bonds is 2. The molecule has 3 rings (SSSR count). The molecular weight excluding hydrogens is 300 g/mol. The van der Waals surface area contributed by atoms with Crippen LogP contribution in [-0.4, -0.2) is 25.8 Å². The molecule has 7 heteroatoms. The number of aromatic amines is 1. The molecule has 0 fully saturated rings. The molecule has 2 aromatic heterocycles. The molecule has 0 spiro atoms. The number of thioether (sulfide) groups is 1. The third-order valence-corrected chi connectivity index (χ3v) is 3.97. The highest BCUT2D eigenvalue weighted by molar-refractivity contribution is 7.98. The number of benzene rings is 1. The molecule has 0 atom stereocenters. The van der Waals surface area contributed by atoms with Crippen LogP contribution < -0.4 is 11.2 Å². The molecule has 0 amide bonds. The van der Waals surface area contributed by atoms with Gasteiger partial charge in [-0.1, -0.05) is 29.5 Å². The van der Waals surface area contributed by atoms with E-state index in [2.05, 4.69) is 15.0 Å². The van der Waals surface area contributed by atoms with Gasteiger partial charge in [-0.05, 0) is 31.7 Å². The van der Waals surface area contributed by atoms with E-state index in [1.54, 1.807) is 6.07 Å². The minimum atomic E-state index is -0.504. The number of H-pyrrole nitrogens is 1. The van der Waals surface area contributed by atoms with Crippen LogP contribution in [0.3, 0.4) is 0 Å². The first-order valence-corrected chi connectivity index (χ1v) is 7.87. The average Bonchev–Trinajstić information content (AvgIpc) is 2.48. The maximum absolute atomic E-state index is 12.6. The lowest BCUT2D eigenvalue weighted by Gasteiger charge is -2.09. The summed E-state index contributed by atoms with van der Waals surface area (Å²) in [6.45, 7) is 3.83. The molecule has 0 aliphatic rings. The molecule has 0 aliphatic heterocycles. The van der Waals surface area contributed by atoms with Crippen LogP contribution in [0.15, 0.2) is 39.1 Å². The second-order valence-electron chi connectivity index (χ2n) is 4.98. The van der Waals surface area contributed by atoms with Crippen molar-refractivity contribution in [3.63, 3.8) is 0 Å². The Morgan fingerprint density at radius 2 is 2.00 bits per heavy atom. The van der Waals surface area contributed by atoms with E-state index in [1.807, 2.05) is 32.2 Å². The smallest absolute Gasteiger partial charge is 0.291 e. The molecule has 112 valence electrons. The van der Waals surface area contributed by atoms with Crippen LogP contribution >= 0.6 is 11.8 Å². The van der Waals surface area contributed by atoms with Gasteiger partial charge in [0.15, 0.2) is 10.8 Å². The summed E-state index contributed by atoms with van der Waals surface area (Å²) in [6, 6.07) is 5.56. The molecule has 3 aromatic rings. The maximum Gasteiger partial charge on any atom is 0.334 e. The van der Waals surface area contributed by atoms with Crippen molar-refractivity contribution in [1.29, 1.82) is 0 Å². The zero-order valence-corrected chi connectivity index (χ0v) is 13.2. The van der Waals surface area contributed by atoms with E-state index >= 15 is 0 Å². The van der Waals surface area contributed by atoms with Crippen molar-refractivity contribution in [2.75, 3.05) is 6.26 Å². The van der Waals surface area contributed by atoms with Crippen molar-refractivity contribution < 1.29 is 0 Å². The summed E-state index contributed by atoms with van der Waals surface area (Å²) < 4.78 is 1.12. The first kappa shape index (κ1) is 14.5. The fraction of sp³-hybridized carbons (Fsp3) is 0.200. The van der Waals surface area contributed by atoms with Crippen LogP contribution in [-0.2, 0) is 0 Å². The maximum atomic E-state index is 12.6. The molecular formula is C15H14N4O2S. The first-order chi connectivity index (χ1) is 10.5. The number of aromatic nitrogens is 4. The largest absolute Gasteiger partial charge is 0.334 e. The third kappa shape index (κ3) is 2.33. The number of hydrogen-bond donors (Lipinski definition) is 1. The van der Waals surface area contributed by atoms with Crippen molar-refractivity contribution >= 4 is 22.8 Å². The van der Waals surface area contributed by atoms with Gasteiger partial charge in [-0.2, -0.15) is 0 Å². The Morgan fingerprint density at radius 3 is 2.68 bits per heavy atom. The van der Waals surface area contributed by atoms with Gasteiger partial charge >= 0.3 is 5.69 Å². The second kappa shape index (κ2) is 5.42. The number of hydrogen-bond acceptors (Lipinski definition) is 5. The Hall–Kier alpha value is -2.41. The highest BCUT2D eigenvalue weighted by Gasteiger charge is 2.13. The zero-order valence-electron chi connectivity index (χ0n) is 12.4. The quantitative estimate of drug-likeness (QED) is 0.576. The normalized spacial score (nSPS) is 11.0. The lowest BCUT2D eigenvalue weighted by Crippen LogP contribution is -2.34. The minimum Gasteiger partial charge on any atom is -0.291 e. The second-order valence-corrected chi connectivity index (χ2v) is 5.75. The highest BCUT2D eigenvalue weighted by Crippen LogP contribution is 2.14. The van der Waals surface area contributed by atoms with Crippen LogP contribution in [0.25, 0.3) is 16.7 Å². The van der Waals surface area contributed by atoms with Gasteiger partial charge in [0.1, 0.15) is 5.39 Å². The van der Waals surface area contributed by atoms with Gasteiger partial charge in [0, 0.05) is 6.20 Å². The molecule has 1 aromatic carbocycles. The Labute approximate surface area is 130 Å². The Balaban J connectivity index is 2.36. The van der Waals surface area contributed by atoms with Gasteiger partial charge in [-0.3, -0.25) is 9.78 Å². The number of nitrogens with one attached hydrogen (secondary N) is 1. The molecule has 22 heavy (non-hydrogen) atoms. The Kier molecular flexibility index (Phi) is 3.58. The van der Waals surface area contributed by atoms with Crippen molar-refractivity contribution in [3.05, 3.63) is 56.4 Å². The topological polar surface area (TPSA) is 80.6 Å². The summed E-state index contributed by atoms with van der Waals surface area (Å²) in [6.07, 6.45) is 3.28. The van der Waals surface area contributed by atoms with Gasteiger partial charge in [-0.25, -0.2) is 19.3 Å². The molecule has 0 aliphatic carbocycles. The summed E-state index contributed by atoms with van der Waals surface area (Å²) in [5.74, 6) is 0. The van der Waals surface area contributed by atoms with Gasteiger partial charge in [0.2, 0.25) is 0 Å².